The molecule has 0 radical (unpaired) electrons. The Kier molecular flexibility index (Phi) is 6.64. The van der Waals surface area contributed by atoms with Gasteiger partial charge in [0.2, 0.25) is 0 Å². The van der Waals surface area contributed by atoms with Crippen molar-refractivity contribution in [2.45, 2.75) is 38.3 Å². The fourth-order valence-corrected chi connectivity index (χ4v) is 0.982. The molecule has 22 heavy (non-hydrogen) atoms. The first-order chi connectivity index (χ1) is 9.79. The first kappa shape index (κ1) is 20.5. The molecule has 0 saturated carbocycles. The van der Waals surface area contributed by atoms with Crippen molar-refractivity contribution in [2.75, 3.05) is 13.2 Å². The summed E-state index contributed by atoms with van der Waals surface area (Å²) in [5, 5.41) is 0. The van der Waals surface area contributed by atoms with Crippen LogP contribution in [0.25, 0.3) is 0 Å². The van der Waals surface area contributed by atoms with Gasteiger partial charge in [0.15, 0.2) is 0 Å². The molecule has 0 rings (SSSR count). The monoisotopic (exact) mass is 342 g/mol. The molecule has 0 aliphatic heterocycles. The van der Waals surface area contributed by atoms with Crippen molar-refractivity contribution in [2.24, 2.45) is 5.92 Å². The lowest BCUT2D eigenvalue weighted by Gasteiger charge is -2.26. The predicted octanol–water partition coefficient (Wildman–Crippen LogP) is 2.95. The molecule has 0 fully saturated rings. The van der Waals surface area contributed by atoms with Crippen molar-refractivity contribution in [1.82, 2.24) is 0 Å². The number of hydrogen-bond donors (Lipinski definition) is 0. The van der Waals surface area contributed by atoms with E-state index >= 15 is 0 Å². The third-order valence-electron chi connectivity index (χ3n) is 2.58. The van der Waals surface area contributed by atoms with Gasteiger partial charge in [0, 0.05) is 0 Å². The molecule has 0 aliphatic rings. The summed E-state index contributed by atoms with van der Waals surface area (Å²) >= 11 is 0. The third kappa shape index (κ3) is 4.47. The molecule has 130 valence electrons. The van der Waals surface area contributed by atoms with E-state index in [-0.39, 0.29) is 0 Å². The van der Waals surface area contributed by atoms with Gasteiger partial charge in [0.1, 0.15) is 13.2 Å². The summed E-state index contributed by atoms with van der Waals surface area (Å²) in [6.07, 6.45) is -6.23. The second-order valence-corrected chi connectivity index (χ2v) is 4.26. The second kappa shape index (κ2) is 7.14. The Labute approximate surface area is 120 Å². The number of ether oxygens (including phenoxy) is 2. The van der Waals surface area contributed by atoms with Gasteiger partial charge < -0.3 is 9.47 Å². The summed E-state index contributed by atoms with van der Waals surface area (Å²) in [5.41, 5.74) is 0. The molecule has 1 atom stereocenters. The minimum atomic E-state index is -6.63. The van der Waals surface area contributed by atoms with Gasteiger partial charge >= 0.3 is 30.0 Å². The zero-order valence-electron chi connectivity index (χ0n) is 11.5. The normalized spacial score (nSPS) is 14.4. The molecule has 0 N–H and O–H groups in total. The van der Waals surface area contributed by atoms with E-state index in [1.54, 1.807) is 6.92 Å². The Balaban J connectivity index is 4.52. The molecular weight excluding hydrogens is 329 g/mol. The maximum atomic E-state index is 12.8. The van der Waals surface area contributed by atoms with Crippen LogP contribution >= 0.6 is 0 Å². The standard InChI is InChI=1S/C11H13F7O4/c1-3-6(2)7(19)21-4-5-22-8(20)9(12,13)10(14,15)11(16,17)18/h6H,3-5H2,1-2H3. The number of halogens is 7. The summed E-state index contributed by atoms with van der Waals surface area (Å²) in [7, 11) is 0. The molecule has 0 spiro atoms. The van der Waals surface area contributed by atoms with Crippen LogP contribution in [-0.2, 0) is 19.1 Å². The third-order valence-corrected chi connectivity index (χ3v) is 2.58. The van der Waals surface area contributed by atoms with Crippen LogP contribution in [-0.4, -0.2) is 43.2 Å². The minimum absolute atomic E-state index is 0.397. The van der Waals surface area contributed by atoms with Gasteiger partial charge in [-0.25, -0.2) is 4.79 Å². The van der Waals surface area contributed by atoms with Crippen LogP contribution in [0.2, 0.25) is 0 Å². The number of alkyl halides is 7. The highest BCUT2D eigenvalue weighted by Gasteiger charge is 2.77. The van der Waals surface area contributed by atoms with Crippen molar-refractivity contribution >= 4 is 11.9 Å². The second-order valence-electron chi connectivity index (χ2n) is 4.26. The van der Waals surface area contributed by atoms with E-state index in [9.17, 15) is 40.3 Å². The number of carbonyl (C=O) groups is 2. The summed E-state index contributed by atoms with van der Waals surface area (Å²) in [6, 6.07) is 0. The van der Waals surface area contributed by atoms with Crippen LogP contribution in [0.4, 0.5) is 30.7 Å². The van der Waals surface area contributed by atoms with Crippen LogP contribution in [0.1, 0.15) is 20.3 Å². The van der Waals surface area contributed by atoms with Gasteiger partial charge in [0.05, 0.1) is 5.92 Å². The van der Waals surface area contributed by atoms with Crippen molar-refractivity contribution in [3.8, 4) is 0 Å². The van der Waals surface area contributed by atoms with E-state index in [2.05, 4.69) is 9.47 Å². The van der Waals surface area contributed by atoms with Gasteiger partial charge in [-0.2, -0.15) is 30.7 Å². The fraction of sp³-hybridized carbons (Fsp3) is 0.818. The van der Waals surface area contributed by atoms with Gasteiger partial charge in [-0.1, -0.05) is 13.8 Å². The van der Waals surface area contributed by atoms with Gasteiger partial charge in [-0.3, -0.25) is 4.79 Å². The van der Waals surface area contributed by atoms with Gasteiger partial charge in [-0.15, -0.1) is 0 Å². The van der Waals surface area contributed by atoms with E-state index in [0.717, 1.165) is 0 Å². The van der Waals surface area contributed by atoms with Crippen molar-refractivity contribution < 1.29 is 49.8 Å². The zero-order chi connectivity index (χ0) is 17.8. The van der Waals surface area contributed by atoms with Gasteiger partial charge in [-0.05, 0) is 6.42 Å². The molecule has 1 unspecified atom stereocenters. The quantitative estimate of drug-likeness (QED) is 0.406. The average Bonchev–Trinajstić information content (AvgIpc) is 2.40. The lowest BCUT2D eigenvalue weighted by Crippen LogP contribution is -2.56. The van der Waals surface area contributed by atoms with Crippen molar-refractivity contribution in [3.63, 3.8) is 0 Å². The lowest BCUT2D eigenvalue weighted by molar-refractivity contribution is -0.348. The summed E-state index contributed by atoms with van der Waals surface area (Å²) in [4.78, 5) is 21.8. The number of rotatable bonds is 7. The molecule has 11 heteroatoms. The highest BCUT2D eigenvalue weighted by molar-refractivity contribution is 5.79. The molecule has 0 aromatic carbocycles. The van der Waals surface area contributed by atoms with Crippen molar-refractivity contribution in [3.05, 3.63) is 0 Å². The van der Waals surface area contributed by atoms with E-state index in [4.69, 9.17) is 0 Å². The molecular formula is C11H13F7O4. The Morgan fingerprint density at radius 1 is 0.955 bits per heavy atom. The smallest absolute Gasteiger partial charge is 0.460 e. The average molecular weight is 342 g/mol. The first-order valence-electron chi connectivity index (χ1n) is 5.95. The highest BCUT2D eigenvalue weighted by Crippen LogP contribution is 2.46. The molecule has 0 heterocycles. The maximum Gasteiger partial charge on any atom is 0.460 e. The summed E-state index contributed by atoms with van der Waals surface area (Å²) in [5.74, 6) is -17.0. The van der Waals surface area contributed by atoms with Gasteiger partial charge in [0.25, 0.3) is 0 Å². The number of carbonyl (C=O) groups excluding carboxylic acids is 2. The molecule has 0 bridgehead atoms. The van der Waals surface area contributed by atoms with E-state index < -0.39 is 49.1 Å². The van der Waals surface area contributed by atoms with E-state index in [1.165, 1.54) is 6.92 Å². The predicted molar refractivity (Wildman–Crippen MR) is 57.3 cm³/mol. The summed E-state index contributed by atoms with van der Waals surface area (Å²) in [6.45, 7) is 1.30. The van der Waals surface area contributed by atoms with Crippen LogP contribution in [0.15, 0.2) is 0 Å². The van der Waals surface area contributed by atoms with E-state index in [0.29, 0.717) is 6.42 Å². The number of hydrogen-bond acceptors (Lipinski definition) is 4. The fourth-order valence-electron chi connectivity index (χ4n) is 0.982. The van der Waals surface area contributed by atoms with Crippen LogP contribution in [0.3, 0.4) is 0 Å². The van der Waals surface area contributed by atoms with Crippen LogP contribution in [0.5, 0.6) is 0 Å². The molecule has 0 aliphatic carbocycles. The Morgan fingerprint density at radius 2 is 1.41 bits per heavy atom. The Hall–Kier alpha value is -1.55. The molecule has 0 aromatic rings. The van der Waals surface area contributed by atoms with E-state index in [1.807, 2.05) is 0 Å². The first-order valence-corrected chi connectivity index (χ1v) is 5.95. The number of esters is 2. The molecule has 0 saturated heterocycles. The molecule has 0 aromatic heterocycles. The highest BCUT2D eigenvalue weighted by atomic mass is 19.4. The van der Waals surface area contributed by atoms with Crippen molar-refractivity contribution in [1.29, 1.82) is 0 Å². The largest absolute Gasteiger partial charge is 0.462 e. The van der Waals surface area contributed by atoms with Crippen LogP contribution in [0, 0.1) is 5.92 Å². The molecule has 0 amide bonds. The minimum Gasteiger partial charge on any atom is -0.462 e. The lowest BCUT2D eigenvalue weighted by atomic mass is 10.1. The Bertz CT molecular complexity index is 406. The topological polar surface area (TPSA) is 52.6 Å². The molecule has 4 nitrogen and oxygen atoms in total. The SMILES string of the molecule is CCC(C)C(=O)OCCOC(=O)C(F)(F)C(F)(F)C(F)(F)F. The Morgan fingerprint density at radius 3 is 1.82 bits per heavy atom. The van der Waals surface area contributed by atoms with Crippen LogP contribution < -0.4 is 0 Å². The zero-order valence-corrected chi connectivity index (χ0v) is 11.5. The summed E-state index contributed by atoms with van der Waals surface area (Å²) < 4.78 is 94.0. The maximum absolute atomic E-state index is 12.8.